The first kappa shape index (κ1) is 16.0. The smallest absolute Gasteiger partial charge is 0.387 e. The van der Waals surface area contributed by atoms with Gasteiger partial charge in [-0.25, -0.2) is 0 Å². The first-order valence-corrected chi connectivity index (χ1v) is 7.28. The Hall–Kier alpha value is -1.40. The molecule has 0 aliphatic carbocycles. The van der Waals surface area contributed by atoms with E-state index in [-0.39, 0.29) is 5.75 Å². The van der Waals surface area contributed by atoms with Gasteiger partial charge in [-0.05, 0) is 44.0 Å². The van der Waals surface area contributed by atoms with Gasteiger partial charge in [-0.1, -0.05) is 6.07 Å². The van der Waals surface area contributed by atoms with Crippen LogP contribution in [0.5, 0.6) is 11.5 Å². The third kappa shape index (κ3) is 4.28. The Morgan fingerprint density at radius 3 is 2.86 bits per heavy atom. The number of ether oxygens (including phenoxy) is 2. The quantitative estimate of drug-likeness (QED) is 0.841. The lowest BCUT2D eigenvalue weighted by Crippen LogP contribution is -2.34. The fourth-order valence-electron chi connectivity index (χ4n) is 2.72. The van der Waals surface area contributed by atoms with Gasteiger partial charge in [0.15, 0.2) is 11.5 Å². The van der Waals surface area contributed by atoms with Crippen molar-refractivity contribution >= 4 is 0 Å². The van der Waals surface area contributed by atoms with Gasteiger partial charge < -0.3 is 15.2 Å². The number of nitrogens with zero attached hydrogens (tertiary/aromatic N) is 1. The van der Waals surface area contributed by atoms with Crippen molar-refractivity contribution in [3.63, 3.8) is 0 Å². The standard InChI is InChI=1S/C15H22F2N2O2/c1-2-20-14-8-11(5-6-13(14)21-15(16)17)10-19-7-3-4-12(19)9-18/h5-6,8,12,15H,2-4,7,9-10,18H2,1H3. The van der Waals surface area contributed by atoms with Crippen LogP contribution in [-0.4, -0.2) is 37.2 Å². The molecule has 118 valence electrons. The van der Waals surface area contributed by atoms with Gasteiger partial charge in [0.25, 0.3) is 0 Å². The van der Waals surface area contributed by atoms with Crippen LogP contribution in [0.1, 0.15) is 25.3 Å². The summed E-state index contributed by atoms with van der Waals surface area (Å²) in [5, 5.41) is 0. The topological polar surface area (TPSA) is 47.7 Å². The molecule has 2 N–H and O–H groups in total. The van der Waals surface area contributed by atoms with E-state index in [0.29, 0.717) is 24.9 Å². The van der Waals surface area contributed by atoms with Crippen molar-refractivity contribution in [3.8, 4) is 11.5 Å². The van der Waals surface area contributed by atoms with E-state index in [2.05, 4.69) is 9.64 Å². The van der Waals surface area contributed by atoms with Crippen molar-refractivity contribution in [2.45, 2.75) is 39.0 Å². The summed E-state index contributed by atoms with van der Waals surface area (Å²) in [6.07, 6.45) is 2.26. The molecule has 0 amide bonds. The Kier molecular flexibility index (Phi) is 5.76. The van der Waals surface area contributed by atoms with Crippen molar-refractivity contribution < 1.29 is 18.3 Å². The maximum absolute atomic E-state index is 12.4. The molecule has 0 bridgehead atoms. The second-order valence-corrected chi connectivity index (χ2v) is 5.09. The third-order valence-corrected chi connectivity index (χ3v) is 3.68. The summed E-state index contributed by atoms with van der Waals surface area (Å²) in [5.74, 6) is 0.436. The number of alkyl halides is 2. The molecule has 1 atom stereocenters. The largest absolute Gasteiger partial charge is 0.490 e. The van der Waals surface area contributed by atoms with Gasteiger partial charge in [-0.3, -0.25) is 4.90 Å². The molecule has 0 saturated carbocycles. The zero-order chi connectivity index (χ0) is 15.2. The van der Waals surface area contributed by atoms with Crippen molar-refractivity contribution in [2.75, 3.05) is 19.7 Å². The monoisotopic (exact) mass is 300 g/mol. The first-order valence-electron chi connectivity index (χ1n) is 7.28. The van der Waals surface area contributed by atoms with E-state index >= 15 is 0 Å². The van der Waals surface area contributed by atoms with Crippen LogP contribution in [0.2, 0.25) is 0 Å². The summed E-state index contributed by atoms with van der Waals surface area (Å²) in [4.78, 5) is 2.32. The molecule has 6 heteroatoms. The SMILES string of the molecule is CCOc1cc(CN2CCCC2CN)ccc1OC(F)F. The first-order chi connectivity index (χ1) is 10.1. The number of hydrogen-bond donors (Lipinski definition) is 1. The molecule has 4 nitrogen and oxygen atoms in total. The molecule has 1 aromatic carbocycles. The molecule has 1 fully saturated rings. The highest BCUT2D eigenvalue weighted by atomic mass is 19.3. The Morgan fingerprint density at radius 2 is 2.19 bits per heavy atom. The highest BCUT2D eigenvalue weighted by Gasteiger charge is 2.23. The van der Waals surface area contributed by atoms with Crippen LogP contribution < -0.4 is 15.2 Å². The van der Waals surface area contributed by atoms with Crippen molar-refractivity contribution in [2.24, 2.45) is 5.73 Å². The predicted molar refractivity (Wildman–Crippen MR) is 76.7 cm³/mol. The molecule has 1 aromatic rings. The summed E-state index contributed by atoms with van der Waals surface area (Å²) >= 11 is 0. The Balaban J connectivity index is 2.11. The minimum atomic E-state index is -2.85. The van der Waals surface area contributed by atoms with E-state index in [9.17, 15) is 8.78 Å². The number of hydrogen-bond acceptors (Lipinski definition) is 4. The van der Waals surface area contributed by atoms with E-state index < -0.39 is 6.61 Å². The number of benzene rings is 1. The average molecular weight is 300 g/mol. The Bertz CT molecular complexity index is 457. The van der Waals surface area contributed by atoms with Gasteiger partial charge >= 0.3 is 6.61 Å². The normalized spacial score (nSPS) is 19.2. The minimum absolute atomic E-state index is 0.0763. The van der Waals surface area contributed by atoms with Crippen LogP contribution in [0, 0.1) is 0 Å². The second kappa shape index (κ2) is 7.56. The van der Waals surface area contributed by atoms with Crippen LogP contribution in [-0.2, 0) is 6.54 Å². The van der Waals surface area contributed by atoms with Crippen LogP contribution in [0.3, 0.4) is 0 Å². The number of likely N-dealkylation sites (tertiary alicyclic amines) is 1. The molecule has 1 unspecified atom stereocenters. The van der Waals surface area contributed by atoms with Gasteiger partial charge in [0.05, 0.1) is 6.61 Å². The lowest BCUT2D eigenvalue weighted by atomic mass is 10.1. The molecular weight excluding hydrogens is 278 g/mol. The highest BCUT2D eigenvalue weighted by molar-refractivity contribution is 5.43. The second-order valence-electron chi connectivity index (χ2n) is 5.09. The molecule has 1 heterocycles. The molecule has 1 aliphatic rings. The summed E-state index contributed by atoms with van der Waals surface area (Å²) in [5.41, 5.74) is 6.78. The fraction of sp³-hybridized carbons (Fsp3) is 0.600. The van der Waals surface area contributed by atoms with E-state index in [1.165, 1.54) is 0 Å². The van der Waals surface area contributed by atoms with E-state index in [1.807, 2.05) is 6.92 Å². The molecule has 0 spiro atoms. The Morgan fingerprint density at radius 1 is 1.38 bits per heavy atom. The number of rotatable bonds is 7. The van der Waals surface area contributed by atoms with Gasteiger partial charge in [-0.2, -0.15) is 8.78 Å². The molecule has 1 saturated heterocycles. The van der Waals surface area contributed by atoms with Gasteiger partial charge in [0.1, 0.15) is 0 Å². The summed E-state index contributed by atoms with van der Waals surface area (Å²) < 4.78 is 34.6. The molecule has 0 radical (unpaired) electrons. The lowest BCUT2D eigenvalue weighted by Gasteiger charge is -2.23. The van der Waals surface area contributed by atoms with Crippen molar-refractivity contribution in [1.29, 1.82) is 0 Å². The number of halogens is 2. The van der Waals surface area contributed by atoms with E-state index in [4.69, 9.17) is 10.5 Å². The lowest BCUT2D eigenvalue weighted by molar-refractivity contribution is -0.0514. The molecule has 2 rings (SSSR count). The zero-order valence-electron chi connectivity index (χ0n) is 12.2. The van der Waals surface area contributed by atoms with Crippen LogP contribution in [0.25, 0.3) is 0 Å². The van der Waals surface area contributed by atoms with Crippen molar-refractivity contribution in [1.82, 2.24) is 4.90 Å². The number of nitrogens with two attached hydrogens (primary N) is 1. The summed E-state index contributed by atoms with van der Waals surface area (Å²) in [7, 11) is 0. The van der Waals surface area contributed by atoms with E-state index in [0.717, 1.165) is 31.5 Å². The van der Waals surface area contributed by atoms with Crippen LogP contribution >= 0.6 is 0 Å². The molecule has 1 aliphatic heterocycles. The predicted octanol–water partition coefficient (Wildman–Crippen LogP) is 2.61. The van der Waals surface area contributed by atoms with Crippen molar-refractivity contribution in [3.05, 3.63) is 23.8 Å². The fourth-order valence-corrected chi connectivity index (χ4v) is 2.72. The molecule has 0 aromatic heterocycles. The minimum Gasteiger partial charge on any atom is -0.490 e. The average Bonchev–Trinajstić information content (AvgIpc) is 2.89. The maximum atomic E-state index is 12.4. The highest BCUT2D eigenvalue weighted by Crippen LogP contribution is 2.31. The molecule has 21 heavy (non-hydrogen) atoms. The summed E-state index contributed by atoms with van der Waals surface area (Å²) in [6.45, 7) is 1.76. The van der Waals surface area contributed by atoms with Crippen LogP contribution in [0.15, 0.2) is 18.2 Å². The molecular formula is C15H22F2N2O2. The zero-order valence-corrected chi connectivity index (χ0v) is 12.2. The van der Waals surface area contributed by atoms with Gasteiger partial charge in [0.2, 0.25) is 0 Å². The maximum Gasteiger partial charge on any atom is 0.387 e. The van der Waals surface area contributed by atoms with Crippen LogP contribution in [0.4, 0.5) is 8.78 Å². The van der Waals surface area contributed by atoms with Gasteiger partial charge in [0, 0.05) is 19.1 Å². The van der Waals surface area contributed by atoms with E-state index in [1.54, 1.807) is 18.2 Å². The Labute approximate surface area is 123 Å². The summed E-state index contributed by atoms with van der Waals surface area (Å²) in [6, 6.07) is 5.51. The van der Waals surface area contributed by atoms with Gasteiger partial charge in [-0.15, -0.1) is 0 Å². The third-order valence-electron chi connectivity index (χ3n) is 3.68.